The van der Waals surface area contributed by atoms with E-state index in [2.05, 4.69) is 51.0 Å². The van der Waals surface area contributed by atoms with E-state index in [1.165, 1.54) is 19.1 Å². The number of aliphatic hydroxyl groups is 1. The summed E-state index contributed by atoms with van der Waals surface area (Å²) in [6.45, 7) is 9.07. The van der Waals surface area contributed by atoms with Crippen molar-refractivity contribution >= 4 is 62.5 Å². The van der Waals surface area contributed by atoms with Gasteiger partial charge in [0.25, 0.3) is 0 Å². The van der Waals surface area contributed by atoms with Gasteiger partial charge in [0, 0.05) is 33.4 Å². The standard InChI is InChI=1S/C38H50N8O6S2/c1-19(2)31(43-37(49)51-5)35(47)45-13-7-9-25(45)33-39-18-24(42-33)28-17-30-29(54-28)16-27(53-30)21-11-12-22-23(15-21)41-34(40-22)26-10-8-14-46(26)36(48)32(20(3)4)44-38(50)52-6/h11-12,15-20,25-26,29-32,36,48H,7-10,13-14H2,1-6H3,(H,39,42)(H,40,41)(H,43,49)(H,44,50)/t25-,26-,29?,30?,31-,32-,36?/m0/s1. The quantitative estimate of drug-likeness (QED) is 0.160. The van der Waals surface area contributed by atoms with Crippen LogP contribution < -0.4 is 10.6 Å². The molecule has 0 bridgehead atoms. The van der Waals surface area contributed by atoms with Gasteiger partial charge in [0.1, 0.15) is 23.9 Å². The lowest BCUT2D eigenvalue weighted by Crippen LogP contribution is -2.54. The minimum absolute atomic E-state index is 0.00156. The van der Waals surface area contributed by atoms with Crippen molar-refractivity contribution in [2.24, 2.45) is 11.8 Å². The Balaban J connectivity index is 1.01. The lowest BCUT2D eigenvalue weighted by atomic mass is 10.0. The zero-order chi connectivity index (χ0) is 38.3. The number of methoxy groups -OCH3 is 2. The molecule has 3 unspecified atom stereocenters. The monoisotopic (exact) mass is 778 g/mol. The number of likely N-dealkylation sites (tertiary alicyclic amines) is 2. The molecular formula is C38H50N8O6S2. The molecule has 3 aromatic rings. The predicted octanol–water partition coefficient (Wildman–Crippen LogP) is 5.78. The Morgan fingerprint density at radius 1 is 0.889 bits per heavy atom. The number of nitrogens with one attached hydrogen (secondary N) is 4. The number of aliphatic hydroxyl groups excluding tert-OH is 1. The number of carbonyl (C=O) groups is 3. The molecule has 4 aliphatic rings. The molecular weight excluding hydrogens is 729 g/mol. The average molecular weight is 779 g/mol. The van der Waals surface area contributed by atoms with Gasteiger partial charge in [-0.15, -0.1) is 23.5 Å². The molecule has 54 heavy (non-hydrogen) atoms. The van der Waals surface area contributed by atoms with Crippen molar-refractivity contribution in [2.45, 2.75) is 94.3 Å². The molecule has 2 saturated heterocycles. The number of thioether (sulfide) groups is 2. The van der Waals surface area contributed by atoms with Crippen LogP contribution in [0.3, 0.4) is 0 Å². The van der Waals surface area contributed by atoms with Crippen LogP contribution >= 0.6 is 23.5 Å². The SMILES string of the molecule is COC(=O)N[C@@H](C(C)C)C(O)N1CCC[C@H]1c1nc2ccc(C3=CC4SC(c5cnc([C@@H]6CCCN6C(=O)[C@@H](NC(=O)OC)C(C)C)[nH]5)=CC4S3)cc2[nH]1. The zero-order valence-corrected chi connectivity index (χ0v) is 33.1. The number of fused-ring (bicyclic) bond motifs is 2. The summed E-state index contributed by atoms with van der Waals surface area (Å²) in [4.78, 5) is 60.5. The van der Waals surface area contributed by atoms with Crippen molar-refractivity contribution in [1.29, 1.82) is 0 Å². The Kier molecular flexibility index (Phi) is 11.3. The number of hydrogen-bond donors (Lipinski definition) is 5. The lowest BCUT2D eigenvalue weighted by Gasteiger charge is -2.35. The number of rotatable bonds is 11. The molecule has 0 radical (unpaired) electrons. The Morgan fingerprint density at radius 3 is 2.30 bits per heavy atom. The van der Waals surface area contributed by atoms with Crippen LogP contribution in [0.5, 0.6) is 0 Å². The van der Waals surface area contributed by atoms with Gasteiger partial charge < -0.3 is 40.1 Å². The van der Waals surface area contributed by atoms with Crippen molar-refractivity contribution in [1.82, 2.24) is 40.4 Å². The molecule has 0 saturated carbocycles. The fraction of sp³-hybridized carbons (Fsp3) is 0.553. The van der Waals surface area contributed by atoms with Crippen LogP contribution in [0.2, 0.25) is 0 Å². The number of alkyl carbamates (subject to hydrolysis) is 2. The van der Waals surface area contributed by atoms with Crippen molar-refractivity contribution in [3.63, 3.8) is 0 Å². The summed E-state index contributed by atoms with van der Waals surface area (Å²) in [6, 6.07) is 4.89. The van der Waals surface area contributed by atoms with Gasteiger partial charge in [-0.25, -0.2) is 19.6 Å². The number of aromatic amines is 2. The molecule has 14 nitrogen and oxygen atoms in total. The van der Waals surface area contributed by atoms with E-state index in [9.17, 15) is 19.5 Å². The molecule has 290 valence electrons. The van der Waals surface area contributed by atoms with Crippen LogP contribution in [-0.4, -0.2) is 109 Å². The van der Waals surface area contributed by atoms with E-state index in [1.807, 2.05) is 67.2 Å². The minimum Gasteiger partial charge on any atom is -0.453 e. The van der Waals surface area contributed by atoms with E-state index >= 15 is 0 Å². The molecule has 5 N–H and O–H groups in total. The fourth-order valence-corrected chi connectivity index (χ4v) is 10.8. The molecule has 2 aromatic heterocycles. The number of carbonyl (C=O) groups excluding carboxylic acids is 3. The maximum absolute atomic E-state index is 13.6. The molecule has 0 aliphatic carbocycles. The maximum Gasteiger partial charge on any atom is 0.407 e. The van der Waals surface area contributed by atoms with Crippen molar-refractivity contribution in [3.05, 3.63) is 59.5 Å². The van der Waals surface area contributed by atoms with Crippen LogP contribution in [0.25, 0.3) is 20.8 Å². The van der Waals surface area contributed by atoms with Gasteiger partial charge in [-0.3, -0.25) is 9.69 Å². The highest BCUT2D eigenvalue weighted by molar-refractivity contribution is 8.14. The third kappa shape index (κ3) is 7.62. The van der Waals surface area contributed by atoms with Gasteiger partial charge in [0.05, 0.1) is 55.3 Å². The molecule has 0 spiro atoms. The van der Waals surface area contributed by atoms with Gasteiger partial charge >= 0.3 is 12.2 Å². The van der Waals surface area contributed by atoms with Gasteiger partial charge in [0.2, 0.25) is 5.91 Å². The summed E-state index contributed by atoms with van der Waals surface area (Å²) in [5.74, 6) is 1.36. The first-order valence-electron chi connectivity index (χ1n) is 18.7. The lowest BCUT2D eigenvalue weighted by molar-refractivity contribution is -0.135. The number of ether oxygens (including phenoxy) is 2. The molecule has 1 aromatic carbocycles. The van der Waals surface area contributed by atoms with Gasteiger partial charge in [-0.2, -0.15) is 0 Å². The van der Waals surface area contributed by atoms with Gasteiger partial charge in [-0.05, 0) is 55.2 Å². The van der Waals surface area contributed by atoms with Crippen LogP contribution in [0.15, 0.2) is 36.5 Å². The second kappa shape index (κ2) is 16.0. The second-order valence-corrected chi connectivity index (χ2v) is 17.5. The summed E-state index contributed by atoms with van der Waals surface area (Å²) >= 11 is 3.67. The minimum atomic E-state index is -0.885. The maximum atomic E-state index is 13.6. The third-order valence-electron chi connectivity index (χ3n) is 10.8. The van der Waals surface area contributed by atoms with Gasteiger partial charge in [0.15, 0.2) is 0 Å². The first-order chi connectivity index (χ1) is 25.9. The van der Waals surface area contributed by atoms with E-state index in [-0.39, 0.29) is 40.3 Å². The van der Waals surface area contributed by atoms with E-state index in [4.69, 9.17) is 19.4 Å². The molecule has 16 heteroatoms. The van der Waals surface area contributed by atoms with Crippen LogP contribution in [0, 0.1) is 11.8 Å². The first-order valence-corrected chi connectivity index (χ1v) is 20.5. The molecule has 7 atom stereocenters. The highest BCUT2D eigenvalue weighted by Gasteiger charge is 2.40. The molecule has 2 fully saturated rings. The number of nitrogens with zero attached hydrogens (tertiary/aromatic N) is 4. The van der Waals surface area contributed by atoms with E-state index in [1.54, 1.807) is 0 Å². The number of H-pyrrole nitrogens is 2. The van der Waals surface area contributed by atoms with Crippen LogP contribution in [-0.2, 0) is 14.3 Å². The Labute approximate surface area is 323 Å². The van der Waals surface area contributed by atoms with Crippen LogP contribution in [0.4, 0.5) is 9.59 Å². The molecule has 6 heterocycles. The van der Waals surface area contributed by atoms with Crippen LogP contribution in [0.1, 0.15) is 88.4 Å². The third-order valence-corrected chi connectivity index (χ3v) is 13.6. The summed E-state index contributed by atoms with van der Waals surface area (Å²) in [7, 11) is 2.62. The second-order valence-electron chi connectivity index (χ2n) is 15.0. The predicted molar refractivity (Wildman–Crippen MR) is 210 cm³/mol. The van der Waals surface area contributed by atoms with E-state index in [0.717, 1.165) is 64.5 Å². The van der Waals surface area contributed by atoms with E-state index < -0.39 is 30.5 Å². The first kappa shape index (κ1) is 38.3. The number of aromatic nitrogens is 4. The van der Waals surface area contributed by atoms with E-state index in [0.29, 0.717) is 13.1 Å². The number of benzene rings is 1. The Bertz CT molecular complexity index is 1940. The normalized spacial score (nSPS) is 24.4. The Hall–Kier alpha value is -3.99. The topological polar surface area (TPSA) is 178 Å². The largest absolute Gasteiger partial charge is 0.453 e. The number of hydrogen-bond acceptors (Lipinski definition) is 11. The Morgan fingerprint density at radius 2 is 1.57 bits per heavy atom. The average Bonchev–Trinajstić information content (AvgIpc) is 3.99. The van der Waals surface area contributed by atoms with Gasteiger partial charge in [-0.1, -0.05) is 45.9 Å². The highest BCUT2D eigenvalue weighted by Crippen LogP contribution is 2.53. The summed E-state index contributed by atoms with van der Waals surface area (Å²) < 4.78 is 9.58. The summed E-state index contributed by atoms with van der Waals surface area (Å²) in [5.41, 5.74) is 3.91. The molecule has 4 aliphatic heterocycles. The zero-order valence-electron chi connectivity index (χ0n) is 31.5. The van der Waals surface area contributed by atoms with Crippen molar-refractivity contribution in [3.8, 4) is 0 Å². The number of amides is 3. The highest BCUT2D eigenvalue weighted by atomic mass is 32.2. The number of imidazole rings is 2. The molecule has 3 amide bonds. The van der Waals surface area contributed by atoms with Crippen molar-refractivity contribution < 1.29 is 29.0 Å². The van der Waals surface area contributed by atoms with Crippen molar-refractivity contribution in [2.75, 3.05) is 27.3 Å². The molecule has 7 rings (SSSR count). The summed E-state index contributed by atoms with van der Waals surface area (Å²) in [5, 5.41) is 17.5. The fourth-order valence-electron chi connectivity index (χ4n) is 7.93. The smallest absolute Gasteiger partial charge is 0.407 e. The summed E-state index contributed by atoms with van der Waals surface area (Å²) in [6.07, 6.45) is 7.89.